The number of nitrogens with zero attached hydrogens (tertiary/aromatic N) is 1. The maximum absolute atomic E-state index is 13.2. The van der Waals surface area contributed by atoms with Crippen LogP contribution >= 0.6 is 0 Å². The van der Waals surface area contributed by atoms with Gasteiger partial charge in [-0.05, 0) is 29.8 Å². The van der Waals surface area contributed by atoms with Crippen molar-refractivity contribution in [3.63, 3.8) is 0 Å². The van der Waals surface area contributed by atoms with Crippen molar-refractivity contribution in [3.05, 3.63) is 54.4 Å². The highest BCUT2D eigenvalue weighted by atomic mass is 19.1. The largest absolute Gasteiger partial charge is 0.228 e. The van der Waals surface area contributed by atoms with E-state index < -0.39 is 5.95 Å². The van der Waals surface area contributed by atoms with Gasteiger partial charge in [-0.1, -0.05) is 12.1 Å². The summed E-state index contributed by atoms with van der Waals surface area (Å²) in [6, 6.07) is 8.96. The van der Waals surface area contributed by atoms with Gasteiger partial charge >= 0.3 is 0 Å². The zero-order chi connectivity index (χ0) is 9.97. The Hall–Kier alpha value is -1.77. The van der Waals surface area contributed by atoms with Gasteiger partial charge in [-0.2, -0.15) is 4.39 Å². The molecule has 0 aliphatic carbocycles. The van der Waals surface area contributed by atoms with Gasteiger partial charge in [0.25, 0.3) is 0 Å². The Morgan fingerprint density at radius 3 is 2.57 bits per heavy atom. The van der Waals surface area contributed by atoms with Crippen molar-refractivity contribution in [1.29, 1.82) is 0 Å². The Morgan fingerprint density at radius 1 is 1.00 bits per heavy atom. The van der Waals surface area contributed by atoms with E-state index in [1.807, 2.05) is 0 Å². The number of benzene rings is 1. The summed E-state index contributed by atoms with van der Waals surface area (Å²) in [5.74, 6) is -0.969. The molecule has 0 aliphatic heterocycles. The first-order valence-corrected chi connectivity index (χ1v) is 4.14. The van der Waals surface area contributed by atoms with E-state index in [2.05, 4.69) is 4.98 Å². The number of halogens is 2. The van der Waals surface area contributed by atoms with Gasteiger partial charge in [-0.15, -0.1) is 0 Å². The molecule has 1 aromatic carbocycles. The van der Waals surface area contributed by atoms with Gasteiger partial charge < -0.3 is 0 Å². The minimum atomic E-state index is -0.585. The molecule has 3 heteroatoms. The van der Waals surface area contributed by atoms with E-state index in [4.69, 9.17) is 0 Å². The molecule has 0 radical (unpaired) electrons. The minimum Gasteiger partial charge on any atom is -0.228 e. The van der Waals surface area contributed by atoms with E-state index in [1.165, 1.54) is 24.4 Å². The van der Waals surface area contributed by atoms with Gasteiger partial charge in [-0.3, -0.25) is 0 Å². The number of hydrogen-bond donors (Lipinski definition) is 0. The van der Waals surface area contributed by atoms with Crippen molar-refractivity contribution < 1.29 is 8.78 Å². The second-order valence-electron chi connectivity index (χ2n) is 2.85. The predicted octanol–water partition coefficient (Wildman–Crippen LogP) is 3.03. The third-order valence-electron chi connectivity index (χ3n) is 1.89. The molecule has 1 nitrogen and oxygen atoms in total. The molecule has 0 atom stereocenters. The Morgan fingerprint density at radius 2 is 1.86 bits per heavy atom. The Labute approximate surface area is 80.0 Å². The minimum absolute atomic E-state index is 0.312. The van der Waals surface area contributed by atoms with Crippen LogP contribution in [0.1, 0.15) is 0 Å². The molecule has 0 saturated heterocycles. The second kappa shape index (κ2) is 3.54. The van der Waals surface area contributed by atoms with Crippen molar-refractivity contribution >= 4 is 0 Å². The summed E-state index contributed by atoms with van der Waals surface area (Å²) >= 11 is 0. The molecule has 2 rings (SSSR count). The molecule has 0 bridgehead atoms. The van der Waals surface area contributed by atoms with E-state index in [0.29, 0.717) is 11.1 Å². The van der Waals surface area contributed by atoms with Gasteiger partial charge in [0.1, 0.15) is 5.82 Å². The van der Waals surface area contributed by atoms with Gasteiger partial charge in [0.2, 0.25) is 5.95 Å². The molecular formula is C11H7F2N. The Kier molecular flexibility index (Phi) is 2.23. The molecule has 2 aromatic rings. The lowest BCUT2D eigenvalue weighted by Crippen LogP contribution is -1.87. The summed E-state index contributed by atoms with van der Waals surface area (Å²) in [7, 11) is 0. The predicted molar refractivity (Wildman–Crippen MR) is 49.6 cm³/mol. The number of aromatic nitrogens is 1. The fourth-order valence-electron chi connectivity index (χ4n) is 1.26. The summed E-state index contributed by atoms with van der Waals surface area (Å²) in [5.41, 5.74) is 0.808. The molecule has 70 valence electrons. The zero-order valence-electron chi connectivity index (χ0n) is 7.24. The summed E-state index contributed by atoms with van der Waals surface area (Å²) in [6.07, 6.45) is 1.36. The quantitative estimate of drug-likeness (QED) is 0.631. The third-order valence-corrected chi connectivity index (χ3v) is 1.89. The Bertz CT molecular complexity index is 455. The highest BCUT2D eigenvalue weighted by Crippen LogP contribution is 2.21. The number of pyridine rings is 1. The third kappa shape index (κ3) is 1.62. The van der Waals surface area contributed by atoms with Gasteiger partial charge in [0, 0.05) is 11.8 Å². The highest BCUT2D eigenvalue weighted by Gasteiger charge is 2.04. The maximum atomic E-state index is 13.2. The van der Waals surface area contributed by atoms with Crippen LogP contribution in [0.2, 0.25) is 0 Å². The average Bonchev–Trinajstić information content (AvgIpc) is 2.18. The van der Waals surface area contributed by atoms with Gasteiger partial charge in [-0.25, -0.2) is 9.37 Å². The second-order valence-corrected chi connectivity index (χ2v) is 2.85. The molecule has 0 fully saturated rings. The first-order valence-electron chi connectivity index (χ1n) is 4.14. The number of hydrogen-bond acceptors (Lipinski definition) is 1. The first-order chi connectivity index (χ1) is 6.77. The van der Waals surface area contributed by atoms with Crippen molar-refractivity contribution in [1.82, 2.24) is 4.98 Å². The molecular weight excluding hydrogens is 184 g/mol. The van der Waals surface area contributed by atoms with E-state index in [0.717, 1.165) is 0 Å². The summed E-state index contributed by atoms with van der Waals surface area (Å²) in [4.78, 5) is 3.50. The number of rotatable bonds is 1. The van der Waals surface area contributed by atoms with Crippen LogP contribution in [0.5, 0.6) is 0 Å². The lowest BCUT2D eigenvalue weighted by molar-refractivity contribution is 0.587. The van der Waals surface area contributed by atoms with Crippen molar-refractivity contribution in [2.45, 2.75) is 0 Å². The Balaban J connectivity index is 2.55. The normalized spacial score (nSPS) is 10.1. The fourth-order valence-corrected chi connectivity index (χ4v) is 1.26. The van der Waals surface area contributed by atoms with Crippen molar-refractivity contribution in [2.24, 2.45) is 0 Å². The van der Waals surface area contributed by atoms with Gasteiger partial charge in [0.15, 0.2) is 0 Å². The molecule has 0 amide bonds. The molecule has 14 heavy (non-hydrogen) atoms. The van der Waals surface area contributed by atoms with Crippen LogP contribution in [0.3, 0.4) is 0 Å². The lowest BCUT2D eigenvalue weighted by Gasteiger charge is -2.01. The fraction of sp³-hybridized carbons (Fsp3) is 0. The molecule has 0 aliphatic rings. The SMILES string of the molecule is Fc1cccc(-c2cccnc2F)c1. The summed E-state index contributed by atoms with van der Waals surface area (Å²) in [5, 5.41) is 0. The van der Waals surface area contributed by atoms with E-state index in [1.54, 1.807) is 18.2 Å². The topological polar surface area (TPSA) is 12.9 Å². The standard InChI is InChI=1S/C11H7F2N/c12-9-4-1-3-8(7-9)10-5-2-6-14-11(10)13/h1-7H. The van der Waals surface area contributed by atoms with Crippen LogP contribution < -0.4 is 0 Å². The molecule has 0 saturated carbocycles. The summed E-state index contributed by atoms with van der Waals surface area (Å²) < 4.78 is 26.0. The van der Waals surface area contributed by atoms with Gasteiger partial charge in [0.05, 0.1) is 0 Å². The highest BCUT2D eigenvalue weighted by molar-refractivity contribution is 5.62. The van der Waals surface area contributed by atoms with Crippen LogP contribution in [0, 0.1) is 11.8 Å². The smallest absolute Gasteiger partial charge is 0.220 e. The van der Waals surface area contributed by atoms with E-state index >= 15 is 0 Å². The van der Waals surface area contributed by atoms with E-state index in [-0.39, 0.29) is 5.82 Å². The van der Waals surface area contributed by atoms with Crippen molar-refractivity contribution in [2.75, 3.05) is 0 Å². The van der Waals surface area contributed by atoms with Crippen LogP contribution in [-0.2, 0) is 0 Å². The van der Waals surface area contributed by atoms with Crippen LogP contribution in [0.4, 0.5) is 8.78 Å². The molecule has 0 N–H and O–H groups in total. The van der Waals surface area contributed by atoms with Crippen LogP contribution in [-0.4, -0.2) is 4.98 Å². The lowest BCUT2D eigenvalue weighted by atomic mass is 10.1. The van der Waals surface area contributed by atoms with Crippen LogP contribution in [0.15, 0.2) is 42.6 Å². The molecule has 1 heterocycles. The van der Waals surface area contributed by atoms with E-state index in [9.17, 15) is 8.78 Å². The molecule has 0 unspecified atom stereocenters. The summed E-state index contributed by atoms with van der Waals surface area (Å²) in [6.45, 7) is 0. The molecule has 0 spiro atoms. The van der Waals surface area contributed by atoms with Crippen molar-refractivity contribution in [3.8, 4) is 11.1 Å². The zero-order valence-corrected chi connectivity index (χ0v) is 7.24. The average molecular weight is 191 g/mol. The monoisotopic (exact) mass is 191 g/mol. The van der Waals surface area contributed by atoms with Crippen LogP contribution in [0.25, 0.3) is 11.1 Å². The molecule has 1 aromatic heterocycles. The first kappa shape index (κ1) is 8.81. The maximum Gasteiger partial charge on any atom is 0.220 e.